The fraction of sp³-hybridized carbons (Fsp3) is 0.341. The number of benzene rings is 4. The Hall–Kier alpha value is -3.44. The summed E-state index contributed by atoms with van der Waals surface area (Å²) in [5.74, 6) is 0.547. The molecule has 0 aliphatic carbocycles. The van der Waals surface area contributed by atoms with Gasteiger partial charge in [0.05, 0.1) is 11.3 Å². The van der Waals surface area contributed by atoms with Gasteiger partial charge >= 0.3 is 0 Å². The molecule has 0 aliphatic heterocycles. The van der Waals surface area contributed by atoms with Gasteiger partial charge in [-0.1, -0.05) is 114 Å². The van der Waals surface area contributed by atoms with E-state index in [9.17, 15) is 9.90 Å². The summed E-state index contributed by atoms with van der Waals surface area (Å²) in [6.07, 6.45) is 6.60. The maximum Gasteiger partial charge on any atom is 0.162 e. The minimum Gasteiger partial charge on any atom is -0.512 e. The molecule has 1 radical (unpaired) electrons. The number of rotatable bonds is 8. The fourth-order valence-electron chi connectivity index (χ4n) is 6.25. The van der Waals surface area contributed by atoms with Gasteiger partial charge in [0, 0.05) is 58.5 Å². The van der Waals surface area contributed by atoms with Gasteiger partial charge in [0.2, 0.25) is 0 Å². The number of ketones is 1. The predicted octanol–water partition coefficient (Wildman–Crippen LogP) is 11.8. The number of aliphatic hydroxyl groups excluding tert-OH is 1. The Morgan fingerprint density at radius 2 is 1.47 bits per heavy atom. The summed E-state index contributed by atoms with van der Waals surface area (Å²) in [7, 11) is 0. The Bertz CT molecular complexity index is 2030. The minimum absolute atomic E-state index is 0. The van der Waals surface area contributed by atoms with Gasteiger partial charge in [-0.15, -0.1) is 40.5 Å². The van der Waals surface area contributed by atoms with Crippen molar-refractivity contribution in [2.75, 3.05) is 0 Å². The molecule has 0 bridgehead atoms. The Kier molecular flexibility index (Phi) is 12.1. The molecule has 6 rings (SSSR count). The molecule has 0 atom stereocenters. The maximum absolute atomic E-state index is 11.7. The number of nitrogens with zero attached hydrogens (tertiary/aromatic N) is 2. The van der Waals surface area contributed by atoms with Gasteiger partial charge in [0.15, 0.2) is 5.78 Å². The second kappa shape index (κ2) is 15.6. The molecule has 2 aromatic heterocycles. The molecule has 0 amide bonds. The fourth-order valence-corrected chi connectivity index (χ4v) is 7.55. The standard InChI is InChI=1S/C28H21N2S.C13H24O2.Ir/c1-28(2,3)23-15-19(14-18-9-5-6-10-20(18)23)24-27-25(30-16-29-24)22-13-12-17-8-4-7-11-21(17)26(22)31-27;1-5-10(6-2)12(14)9-13(15)11(7-3)8-4;/h4-13,15-16H,1-3H3;9-11,14H,5-8H2,1-4H3;/q-1;;/b;12-9-;. The van der Waals surface area contributed by atoms with Crippen LogP contribution >= 0.6 is 11.3 Å². The van der Waals surface area contributed by atoms with E-state index in [0.29, 0.717) is 0 Å². The molecule has 1 N–H and O–H groups in total. The number of allylic oxidation sites excluding steroid dienone is 2. The van der Waals surface area contributed by atoms with Crippen molar-refractivity contribution in [2.45, 2.75) is 79.6 Å². The number of aromatic nitrogens is 2. The summed E-state index contributed by atoms with van der Waals surface area (Å²) in [5.41, 5.74) is 4.36. The summed E-state index contributed by atoms with van der Waals surface area (Å²) in [6.45, 7) is 14.9. The van der Waals surface area contributed by atoms with Gasteiger partial charge in [0.1, 0.15) is 6.33 Å². The smallest absolute Gasteiger partial charge is 0.162 e. The van der Waals surface area contributed by atoms with Crippen molar-refractivity contribution >= 4 is 59.0 Å². The molecule has 4 nitrogen and oxygen atoms in total. The van der Waals surface area contributed by atoms with Crippen LogP contribution in [0.4, 0.5) is 0 Å². The first-order chi connectivity index (χ1) is 22.1. The molecule has 0 saturated heterocycles. The molecule has 0 aliphatic rings. The Balaban J connectivity index is 0.000000269. The van der Waals surface area contributed by atoms with Gasteiger partial charge in [-0.25, -0.2) is 4.98 Å². The van der Waals surface area contributed by atoms with Crippen LogP contribution in [0.1, 0.15) is 79.7 Å². The maximum atomic E-state index is 11.7. The third kappa shape index (κ3) is 7.67. The van der Waals surface area contributed by atoms with Crippen molar-refractivity contribution in [3.8, 4) is 11.3 Å². The molecule has 0 saturated carbocycles. The van der Waals surface area contributed by atoms with Crippen molar-refractivity contribution in [1.82, 2.24) is 9.97 Å². The van der Waals surface area contributed by atoms with E-state index in [0.717, 1.165) is 52.5 Å². The number of hydrogen-bond acceptors (Lipinski definition) is 5. The molecule has 6 heteroatoms. The normalized spacial score (nSPS) is 12.1. The monoisotopic (exact) mass is 822 g/mol. The Morgan fingerprint density at radius 1 is 0.830 bits per heavy atom. The zero-order chi connectivity index (χ0) is 33.0. The van der Waals surface area contributed by atoms with E-state index in [4.69, 9.17) is 4.98 Å². The number of fused-ring (bicyclic) bond motifs is 6. The molecule has 4 aromatic carbocycles. The van der Waals surface area contributed by atoms with Crippen LogP contribution in [0.15, 0.2) is 84.9 Å². The third-order valence-electron chi connectivity index (χ3n) is 9.06. The first-order valence-corrected chi connectivity index (χ1v) is 17.4. The predicted molar refractivity (Wildman–Crippen MR) is 197 cm³/mol. The second-order valence-electron chi connectivity index (χ2n) is 13.1. The molecule has 2 heterocycles. The van der Waals surface area contributed by atoms with Crippen molar-refractivity contribution < 1.29 is 30.0 Å². The van der Waals surface area contributed by atoms with Crippen LogP contribution in [0.3, 0.4) is 0 Å². The minimum atomic E-state index is 0. The van der Waals surface area contributed by atoms with Crippen LogP contribution in [0.2, 0.25) is 0 Å². The number of hydrogen-bond donors (Lipinski definition) is 1. The molecule has 247 valence electrons. The van der Waals surface area contributed by atoms with Crippen molar-refractivity contribution in [3.63, 3.8) is 0 Å². The SMILES string of the molecule is CC(C)(C)c1cc(-c2ncnc3c2sc2c4ccccc4ccc32)[c-]c2ccccc12.CCC(CC)C(=O)/C=C(\O)C(CC)CC.[Ir]. The van der Waals surface area contributed by atoms with Gasteiger partial charge in [0.25, 0.3) is 0 Å². The van der Waals surface area contributed by atoms with E-state index in [1.807, 2.05) is 27.7 Å². The summed E-state index contributed by atoms with van der Waals surface area (Å²) in [4.78, 5) is 21.1. The Morgan fingerprint density at radius 3 is 2.13 bits per heavy atom. The zero-order valence-corrected chi connectivity index (χ0v) is 31.7. The van der Waals surface area contributed by atoms with Crippen LogP contribution in [0.5, 0.6) is 0 Å². The van der Waals surface area contributed by atoms with Gasteiger partial charge in [-0.3, -0.25) is 9.78 Å². The van der Waals surface area contributed by atoms with E-state index >= 15 is 0 Å². The van der Waals surface area contributed by atoms with Crippen molar-refractivity contribution in [3.05, 3.63) is 96.5 Å². The van der Waals surface area contributed by atoms with Crippen LogP contribution < -0.4 is 0 Å². The van der Waals surface area contributed by atoms with Crippen LogP contribution in [-0.2, 0) is 30.3 Å². The quantitative estimate of drug-likeness (QED) is 0.0944. The van der Waals surface area contributed by atoms with E-state index in [2.05, 4.69) is 98.6 Å². The Labute approximate surface area is 296 Å². The van der Waals surface area contributed by atoms with Gasteiger partial charge < -0.3 is 5.11 Å². The first kappa shape index (κ1) is 36.4. The molecular formula is C41H45IrN2O2S-. The van der Waals surface area contributed by atoms with Crippen LogP contribution in [0.25, 0.3) is 53.1 Å². The van der Waals surface area contributed by atoms with Crippen LogP contribution in [-0.4, -0.2) is 20.9 Å². The molecular weight excluding hydrogens is 777 g/mol. The average molecular weight is 822 g/mol. The number of carbonyl (C=O) groups is 1. The summed E-state index contributed by atoms with van der Waals surface area (Å²) < 4.78 is 2.40. The van der Waals surface area contributed by atoms with Crippen LogP contribution in [0, 0.1) is 17.9 Å². The zero-order valence-electron chi connectivity index (χ0n) is 28.5. The first-order valence-electron chi connectivity index (χ1n) is 16.6. The molecule has 0 spiro atoms. The summed E-state index contributed by atoms with van der Waals surface area (Å²) in [6, 6.07) is 27.4. The third-order valence-corrected chi connectivity index (χ3v) is 10.3. The summed E-state index contributed by atoms with van der Waals surface area (Å²) >= 11 is 1.79. The molecule has 47 heavy (non-hydrogen) atoms. The van der Waals surface area contributed by atoms with E-state index in [-0.39, 0.29) is 48.9 Å². The van der Waals surface area contributed by atoms with E-state index in [1.54, 1.807) is 17.7 Å². The summed E-state index contributed by atoms with van der Waals surface area (Å²) in [5, 5.41) is 15.9. The van der Waals surface area contributed by atoms with E-state index in [1.165, 1.54) is 37.9 Å². The molecule has 6 aromatic rings. The largest absolute Gasteiger partial charge is 0.512 e. The topological polar surface area (TPSA) is 63.1 Å². The average Bonchev–Trinajstić information content (AvgIpc) is 3.45. The van der Waals surface area contributed by atoms with Gasteiger partial charge in [-0.05, 0) is 41.9 Å². The molecule has 0 fully saturated rings. The van der Waals surface area contributed by atoms with Gasteiger partial charge in [-0.2, -0.15) is 0 Å². The van der Waals surface area contributed by atoms with Crippen molar-refractivity contribution in [2.24, 2.45) is 11.8 Å². The second-order valence-corrected chi connectivity index (χ2v) is 14.1. The molecule has 0 unspecified atom stereocenters. The van der Waals surface area contributed by atoms with Crippen molar-refractivity contribution in [1.29, 1.82) is 0 Å². The van der Waals surface area contributed by atoms with E-state index < -0.39 is 0 Å². The number of aliphatic hydroxyl groups is 1. The number of carbonyl (C=O) groups excluding carboxylic acids is 1. The number of thiophene rings is 1.